The number of imide groups is 1. The summed E-state index contributed by atoms with van der Waals surface area (Å²) < 4.78 is 5.75. The van der Waals surface area contributed by atoms with E-state index >= 15 is 0 Å². The molecule has 24 heavy (non-hydrogen) atoms. The van der Waals surface area contributed by atoms with E-state index in [0.29, 0.717) is 18.9 Å². The Morgan fingerprint density at radius 2 is 1.54 bits per heavy atom. The van der Waals surface area contributed by atoms with Crippen LogP contribution in [-0.4, -0.2) is 29.0 Å². The van der Waals surface area contributed by atoms with Crippen molar-refractivity contribution in [3.8, 4) is 5.75 Å². The Morgan fingerprint density at radius 1 is 0.875 bits per heavy atom. The molecule has 1 aliphatic heterocycles. The predicted octanol–water partition coefficient (Wildman–Crippen LogP) is 3.28. The summed E-state index contributed by atoms with van der Waals surface area (Å²) in [5.41, 5.74) is 1.13. The zero-order valence-electron chi connectivity index (χ0n) is 13.1. The number of thioether (sulfide) groups is 1. The number of carbonyl (C=O) groups is 2. The molecule has 0 fully saturated rings. The first-order valence-electron chi connectivity index (χ1n) is 7.65. The summed E-state index contributed by atoms with van der Waals surface area (Å²) in [5.74, 6) is 1.02. The van der Waals surface area contributed by atoms with Crippen LogP contribution in [0, 0.1) is 0 Å². The van der Waals surface area contributed by atoms with Crippen LogP contribution in [0.1, 0.15) is 5.56 Å². The Labute approximate surface area is 145 Å². The molecule has 0 aromatic heterocycles. The van der Waals surface area contributed by atoms with Gasteiger partial charge in [-0.2, -0.15) is 0 Å². The molecule has 3 rings (SSSR count). The molecule has 0 bridgehead atoms. The van der Waals surface area contributed by atoms with Crippen molar-refractivity contribution < 1.29 is 14.3 Å². The van der Waals surface area contributed by atoms with Crippen molar-refractivity contribution in [3.63, 3.8) is 0 Å². The molecular weight excluding hydrogens is 322 g/mol. The number of hydrogen-bond acceptors (Lipinski definition) is 4. The number of benzene rings is 2. The molecular formula is C19H17NO3S. The Morgan fingerprint density at radius 3 is 2.21 bits per heavy atom. The van der Waals surface area contributed by atoms with E-state index in [9.17, 15) is 9.59 Å². The second-order valence-electron chi connectivity index (χ2n) is 5.26. The van der Waals surface area contributed by atoms with Gasteiger partial charge in [0.2, 0.25) is 0 Å². The van der Waals surface area contributed by atoms with E-state index in [2.05, 4.69) is 0 Å². The zero-order chi connectivity index (χ0) is 16.8. The zero-order valence-corrected chi connectivity index (χ0v) is 13.9. The third kappa shape index (κ3) is 4.26. The summed E-state index contributed by atoms with van der Waals surface area (Å²) in [6.45, 7) is 0.959. The summed E-state index contributed by atoms with van der Waals surface area (Å²) in [6, 6.07) is 17.8. The fourth-order valence-electron chi connectivity index (χ4n) is 2.28. The first kappa shape index (κ1) is 16.3. The van der Waals surface area contributed by atoms with Crippen LogP contribution >= 0.6 is 11.8 Å². The van der Waals surface area contributed by atoms with Gasteiger partial charge in [-0.3, -0.25) is 14.5 Å². The van der Waals surface area contributed by atoms with Gasteiger partial charge >= 0.3 is 0 Å². The molecule has 0 saturated carbocycles. The lowest BCUT2D eigenvalue weighted by atomic mass is 10.2. The molecule has 0 N–H and O–H groups in total. The number of hydrogen-bond donors (Lipinski definition) is 0. The molecule has 122 valence electrons. The van der Waals surface area contributed by atoms with E-state index in [1.807, 2.05) is 54.6 Å². The Balaban J connectivity index is 1.44. The number of ether oxygens (including phenoxy) is 1. The molecule has 1 heterocycles. The topological polar surface area (TPSA) is 46.6 Å². The summed E-state index contributed by atoms with van der Waals surface area (Å²) in [6.07, 6.45) is 2.62. The van der Waals surface area contributed by atoms with Crippen LogP contribution in [0.4, 0.5) is 0 Å². The third-order valence-electron chi connectivity index (χ3n) is 3.56. The maximum absolute atomic E-state index is 11.5. The minimum Gasteiger partial charge on any atom is -0.489 e. The van der Waals surface area contributed by atoms with Gasteiger partial charge < -0.3 is 4.74 Å². The molecule has 0 saturated heterocycles. The van der Waals surface area contributed by atoms with Gasteiger partial charge in [0.05, 0.1) is 0 Å². The molecule has 1 aliphatic rings. The van der Waals surface area contributed by atoms with E-state index in [4.69, 9.17) is 4.74 Å². The Kier molecular flexibility index (Phi) is 5.33. The van der Waals surface area contributed by atoms with Crippen molar-refractivity contribution in [2.24, 2.45) is 0 Å². The second-order valence-corrected chi connectivity index (χ2v) is 6.42. The van der Waals surface area contributed by atoms with E-state index in [0.717, 1.165) is 16.2 Å². The highest BCUT2D eigenvalue weighted by Crippen LogP contribution is 2.22. The van der Waals surface area contributed by atoms with Crippen LogP contribution in [0.3, 0.4) is 0 Å². The SMILES string of the molecule is O=C1C=CC(=O)N1CCSc1ccc(OCc2ccccc2)cc1. The summed E-state index contributed by atoms with van der Waals surface area (Å²) in [4.78, 5) is 25.2. The molecule has 0 aliphatic carbocycles. The third-order valence-corrected chi connectivity index (χ3v) is 4.55. The second kappa shape index (κ2) is 7.84. The number of amides is 2. The van der Waals surface area contributed by atoms with E-state index in [1.54, 1.807) is 11.8 Å². The van der Waals surface area contributed by atoms with Crippen LogP contribution in [0.5, 0.6) is 5.75 Å². The molecule has 0 radical (unpaired) electrons. The maximum Gasteiger partial charge on any atom is 0.253 e. The number of rotatable bonds is 7. The summed E-state index contributed by atoms with van der Waals surface area (Å²) >= 11 is 1.61. The standard InChI is InChI=1S/C19H17NO3S/c21-18-10-11-19(22)20(18)12-13-24-17-8-6-16(7-9-17)23-14-15-4-2-1-3-5-15/h1-11H,12-14H2. The van der Waals surface area contributed by atoms with Crippen LogP contribution in [-0.2, 0) is 16.2 Å². The van der Waals surface area contributed by atoms with Crippen LogP contribution in [0.2, 0.25) is 0 Å². The molecule has 4 nitrogen and oxygen atoms in total. The molecule has 2 aromatic carbocycles. The highest BCUT2D eigenvalue weighted by molar-refractivity contribution is 7.99. The number of nitrogens with zero attached hydrogens (tertiary/aromatic N) is 1. The highest BCUT2D eigenvalue weighted by Gasteiger charge is 2.22. The van der Waals surface area contributed by atoms with Crippen molar-refractivity contribution >= 4 is 23.6 Å². The number of carbonyl (C=O) groups excluding carboxylic acids is 2. The fourth-order valence-corrected chi connectivity index (χ4v) is 3.12. The van der Waals surface area contributed by atoms with E-state index in [-0.39, 0.29) is 11.8 Å². The average molecular weight is 339 g/mol. The van der Waals surface area contributed by atoms with Gasteiger partial charge in [-0.05, 0) is 29.8 Å². The normalized spacial score (nSPS) is 13.6. The largest absolute Gasteiger partial charge is 0.489 e. The van der Waals surface area contributed by atoms with Crippen LogP contribution < -0.4 is 4.74 Å². The minimum absolute atomic E-state index is 0.231. The Bertz CT molecular complexity index is 723. The van der Waals surface area contributed by atoms with Crippen molar-refractivity contribution in [1.82, 2.24) is 4.90 Å². The van der Waals surface area contributed by atoms with E-state index < -0.39 is 0 Å². The Hall–Kier alpha value is -2.53. The first-order chi connectivity index (χ1) is 11.7. The van der Waals surface area contributed by atoms with Crippen LogP contribution in [0.15, 0.2) is 71.6 Å². The molecule has 0 unspecified atom stereocenters. The summed E-state index contributed by atoms with van der Waals surface area (Å²) in [5, 5.41) is 0. The highest BCUT2D eigenvalue weighted by atomic mass is 32.2. The smallest absolute Gasteiger partial charge is 0.253 e. The van der Waals surface area contributed by atoms with Gasteiger partial charge in [0.15, 0.2) is 0 Å². The van der Waals surface area contributed by atoms with Crippen molar-refractivity contribution in [2.75, 3.05) is 12.3 Å². The van der Waals surface area contributed by atoms with Crippen LogP contribution in [0.25, 0.3) is 0 Å². The molecule has 2 amide bonds. The summed E-state index contributed by atoms with van der Waals surface area (Å²) in [7, 11) is 0. The minimum atomic E-state index is -0.231. The van der Waals surface area contributed by atoms with Gasteiger partial charge in [-0.25, -0.2) is 0 Å². The van der Waals surface area contributed by atoms with Gasteiger partial charge in [-0.1, -0.05) is 30.3 Å². The van der Waals surface area contributed by atoms with E-state index in [1.165, 1.54) is 17.1 Å². The van der Waals surface area contributed by atoms with Gasteiger partial charge in [-0.15, -0.1) is 11.8 Å². The first-order valence-corrected chi connectivity index (χ1v) is 8.64. The van der Waals surface area contributed by atoms with Gasteiger partial charge in [0.25, 0.3) is 11.8 Å². The molecule has 5 heteroatoms. The molecule has 2 aromatic rings. The lowest BCUT2D eigenvalue weighted by molar-refractivity contribution is -0.136. The fraction of sp³-hybridized carbons (Fsp3) is 0.158. The maximum atomic E-state index is 11.5. The molecule has 0 atom stereocenters. The van der Waals surface area contributed by atoms with Crippen molar-refractivity contribution in [3.05, 3.63) is 72.3 Å². The van der Waals surface area contributed by atoms with Gasteiger partial charge in [0, 0.05) is 29.3 Å². The lowest BCUT2D eigenvalue weighted by Crippen LogP contribution is -2.31. The van der Waals surface area contributed by atoms with Crippen molar-refractivity contribution in [1.29, 1.82) is 0 Å². The quantitative estimate of drug-likeness (QED) is 0.574. The van der Waals surface area contributed by atoms with Gasteiger partial charge in [0.1, 0.15) is 12.4 Å². The monoisotopic (exact) mass is 339 g/mol. The predicted molar refractivity (Wildman–Crippen MR) is 93.8 cm³/mol. The van der Waals surface area contributed by atoms with Crippen molar-refractivity contribution in [2.45, 2.75) is 11.5 Å². The lowest BCUT2D eigenvalue weighted by Gasteiger charge is -2.13. The average Bonchev–Trinajstić information content (AvgIpc) is 2.94. The molecule has 0 spiro atoms.